The Morgan fingerprint density at radius 3 is 2.81 bits per heavy atom. The van der Waals surface area contributed by atoms with E-state index in [1.54, 1.807) is 12.1 Å². The molecule has 4 rings (SSSR count). The quantitative estimate of drug-likeness (QED) is 0.530. The third kappa shape index (κ3) is 4.48. The molecule has 0 bridgehead atoms. The van der Waals surface area contributed by atoms with E-state index in [1.807, 2.05) is 38.1 Å². The summed E-state index contributed by atoms with van der Waals surface area (Å²) in [4.78, 5) is 14.6. The highest BCUT2D eigenvalue weighted by Gasteiger charge is 2.31. The van der Waals surface area contributed by atoms with Crippen molar-refractivity contribution in [2.45, 2.75) is 38.7 Å². The Labute approximate surface area is 187 Å². The lowest BCUT2D eigenvalue weighted by atomic mass is 9.78. The molecule has 2 aliphatic rings. The summed E-state index contributed by atoms with van der Waals surface area (Å²) in [6, 6.07) is 4.91. The summed E-state index contributed by atoms with van der Waals surface area (Å²) in [6.45, 7) is 9.35. The highest BCUT2D eigenvalue weighted by Crippen LogP contribution is 2.37. The molecular formula is C25H28FN5O. The Kier molecular flexibility index (Phi) is 6.46. The molecule has 1 atom stereocenters. The number of allylic oxidation sites excluding steroid dienone is 5. The summed E-state index contributed by atoms with van der Waals surface area (Å²) in [7, 11) is 0. The van der Waals surface area contributed by atoms with Crippen LogP contribution in [0.1, 0.15) is 47.3 Å². The summed E-state index contributed by atoms with van der Waals surface area (Å²) in [5.74, 6) is -0.0163. The van der Waals surface area contributed by atoms with Gasteiger partial charge in [-0.25, -0.2) is 14.4 Å². The zero-order valence-corrected chi connectivity index (χ0v) is 18.4. The third-order valence-corrected chi connectivity index (χ3v) is 5.86. The molecule has 1 aliphatic heterocycles. The van der Waals surface area contributed by atoms with Gasteiger partial charge in [-0.3, -0.25) is 0 Å². The van der Waals surface area contributed by atoms with E-state index in [-0.39, 0.29) is 23.8 Å². The maximum Gasteiger partial charge on any atom is 0.220 e. The highest BCUT2D eigenvalue weighted by atomic mass is 19.1. The van der Waals surface area contributed by atoms with E-state index < -0.39 is 0 Å². The maximum absolute atomic E-state index is 14.2. The van der Waals surface area contributed by atoms with Gasteiger partial charge < -0.3 is 15.9 Å². The fourth-order valence-corrected chi connectivity index (χ4v) is 4.20. The number of hydrogen-bond acceptors (Lipinski definition) is 6. The Morgan fingerprint density at radius 2 is 2.12 bits per heavy atom. The van der Waals surface area contributed by atoms with Crippen LogP contribution in [0.15, 0.2) is 54.2 Å². The minimum Gasteiger partial charge on any atom is -0.390 e. The van der Waals surface area contributed by atoms with E-state index in [9.17, 15) is 4.39 Å². The zero-order valence-electron chi connectivity index (χ0n) is 18.4. The average molecular weight is 434 g/mol. The molecular weight excluding hydrogens is 405 g/mol. The molecule has 1 aromatic heterocycles. The lowest BCUT2D eigenvalue weighted by Crippen LogP contribution is -2.47. The van der Waals surface area contributed by atoms with Crippen molar-refractivity contribution in [3.05, 3.63) is 83.0 Å². The van der Waals surface area contributed by atoms with Gasteiger partial charge in [0, 0.05) is 25.1 Å². The fourth-order valence-electron chi connectivity index (χ4n) is 4.20. The normalized spacial score (nSPS) is 20.3. The van der Waals surface area contributed by atoms with Crippen molar-refractivity contribution in [2.75, 3.05) is 18.8 Å². The van der Waals surface area contributed by atoms with Gasteiger partial charge in [0.05, 0.1) is 17.1 Å². The molecule has 2 heterocycles. The minimum atomic E-state index is -0.287. The summed E-state index contributed by atoms with van der Waals surface area (Å²) in [5.41, 5.74) is 12.0. The van der Waals surface area contributed by atoms with Crippen molar-refractivity contribution < 1.29 is 9.23 Å². The molecule has 166 valence electrons. The van der Waals surface area contributed by atoms with E-state index in [2.05, 4.69) is 27.0 Å². The molecule has 0 saturated carbocycles. The topological polar surface area (TPSA) is 85.4 Å². The number of nitrogens with one attached hydrogen (secondary N) is 1. The molecule has 32 heavy (non-hydrogen) atoms. The number of nitrogens with zero attached hydrogens (tertiary/aromatic N) is 3. The number of fused-ring (bicyclic) bond motifs is 1. The van der Waals surface area contributed by atoms with Gasteiger partial charge in [0.25, 0.3) is 0 Å². The maximum atomic E-state index is 14.2. The summed E-state index contributed by atoms with van der Waals surface area (Å²) in [6.07, 6.45) is 8.90. The van der Waals surface area contributed by atoms with Gasteiger partial charge in [0.15, 0.2) is 6.10 Å². The molecule has 2 aromatic rings. The van der Waals surface area contributed by atoms with Crippen LogP contribution in [0.25, 0.3) is 5.57 Å². The number of nitrogens with two attached hydrogens (primary N) is 1. The lowest BCUT2D eigenvalue weighted by molar-refractivity contribution is 0.0227. The zero-order chi connectivity index (χ0) is 22.7. The van der Waals surface area contributed by atoms with Crippen LogP contribution in [0.3, 0.4) is 0 Å². The molecule has 0 amide bonds. The molecule has 3 N–H and O–H groups in total. The molecule has 0 spiro atoms. The predicted molar refractivity (Wildman–Crippen MR) is 126 cm³/mol. The van der Waals surface area contributed by atoms with Gasteiger partial charge in [-0.2, -0.15) is 0 Å². The van der Waals surface area contributed by atoms with Gasteiger partial charge in [-0.05, 0) is 55.0 Å². The Bertz CT molecular complexity index is 1120. The van der Waals surface area contributed by atoms with Crippen LogP contribution in [0.4, 0.5) is 10.3 Å². The number of aryl methyl sites for hydroxylation is 1. The van der Waals surface area contributed by atoms with Crippen LogP contribution in [0, 0.1) is 12.7 Å². The van der Waals surface area contributed by atoms with Crippen LogP contribution in [0.2, 0.25) is 0 Å². The summed E-state index contributed by atoms with van der Waals surface area (Å²) in [5, 5.41) is 7.69. The van der Waals surface area contributed by atoms with Gasteiger partial charge in [-0.1, -0.05) is 42.1 Å². The van der Waals surface area contributed by atoms with Crippen LogP contribution >= 0.6 is 0 Å². The molecule has 1 saturated heterocycles. The number of hydrogen-bond donors (Lipinski definition) is 2. The Balaban J connectivity index is 1.78. The van der Waals surface area contributed by atoms with E-state index in [0.717, 1.165) is 52.5 Å². The van der Waals surface area contributed by atoms with Crippen LogP contribution < -0.4 is 11.1 Å². The first kappa shape index (κ1) is 21.9. The van der Waals surface area contributed by atoms with E-state index in [4.69, 9.17) is 10.6 Å². The highest BCUT2D eigenvalue weighted by molar-refractivity contribution is 6.03. The third-order valence-electron chi connectivity index (χ3n) is 5.86. The van der Waals surface area contributed by atoms with Crippen molar-refractivity contribution in [3.8, 4) is 0 Å². The molecule has 0 radical (unpaired) electrons. The number of halogens is 1. The molecule has 1 fully saturated rings. The molecule has 7 heteroatoms. The number of aromatic nitrogens is 2. The van der Waals surface area contributed by atoms with Crippen LogP contribution in [0.5, 0.6) is 0 Å². The first-order valence-electron chi connectivity index (χ1n) is 10.8. The second-order valence-electron chi connectivity index (χ2n) is 8.10. The Hall–Kier alpha value is -3.32. The van der Waals surface area contributed by atoms with Gasteiger partial charge in [0.2, 0.25) is 5.95 Å². The Morgan fingerprint density at radius 1 is 1.31 bits per heavy atom. The van der Waals surface area contributed by atoms with Crippen molar-refractivity contribution in [1.29, 1.82) is 0 Å². The number of anilines is 1. The molecule has 1 aliphatic carbocycles. The number of benzene rings is 1. The van der Waals surface area contributed by atoms with Crippen LogP contribution in [-0.2, 0) is 11.3 Å². The first-order chi connectivity index (χ1) is 15.5. The van der Waals surface area contributed by atoms with Crippen LogP contribution in [-0.4, -0.2) is 34.9 Å². The molecule has 0 unspecified atom stereocenters. The number of oxime groups is 1. The number of nitrogen functional groups attached to an aromatic ring is 1. The average Bonchev–Trinajstić information content (AvgIpc) is 2.72. The fraction of sp³-hybridized carbons (Fsp3) is 0.320. The van der Waals surface area contributed by atoms with Crippen molar-refractivity contribution in [3.63, 3.8) is 0 Å². The van der Waals surface area contributed by atoms with Gasteiger partial charge in [-0.15, -0.1) is 0 Å². The van der Waals surface area contributed by atoms with Crippen molar-refractivity contribution in [1.82, 2.24) is 15.3 Å². The predicted octanol–water partition coefficient (Wildman–Crippen LogP) is 4.07. The minimum absolute atomic E-state index is 0.0302. The van der Waals surface area contributed by atoms with E-state index in [0.29, 0.717) is 12.8 Å². The monoisotopic (exact) mass is 433 g/mol. The summed E-state index contributed by atoms with van der Waals surface area (Å²) >= 11 is 0. The van der Waals surface area contributed by atoms with Gasteiger partial charge >= 0.3 is 0 Å². The largest absolute Gasteiger partial charge is 0.390 e. The lowest BCUT2D eigenvalue weighted by Gasteiger charge is -2.29. The summed E-state index contributed by atoms with van der Waals surface area (Å²) < 4.78 is 14.2. The van der Waals surface area contributed by atoms with Crippen molar-refractivity contribution in [2.24, 2.45) is 5.16 Å². The van der Waals surface area contributed by atoms with E-state index >= 15 is 0 Å². The smallest absolute Gasteiger partial charge is 0.220 e. The SMILES string of the molecule is C=C/C(=C\C=C/C)c1cc(F)ccc1[C@@H]1C/C(=N\OC2CNC2)c2c(C)nc(N)nc2C1. The second kappa shape index (κ2) is 9.44. The van der Waals surface area contributed by atoms with E-state index in [1.165, 1.54) is 6.07 Å². The molecule has 1 aromatic carbocycles. The standard InChI is InChI=1S/C25H28FN5O/c1-4-6-7-16(5-2)21-12-18(26)8-9-20(21)17-10-22-24(15(3)29-25(27)30-22)23(11-17)31-32-19-13-28-14-19/h4-9,12,17,19,28H,2,10-11,13-14H2,1,3H3,(H2,27,29,30)/b6-4-,16-7+,31-23+/t17-/m0/s1. The second-order valence-corrected chi connectivity index (χ2v) is 8.10. The molecule has 6 nitrogen and oxygen atoms in total. The number of rotatable bonds is 6. The van der Waals surface area contributed by atoms with Crippen molar-refractivity contribution >= 4 is 17.2 Å². The first-order valence-corrected chi connectivity index (χ1v) is 10.8. The van der Waals surface area contributed by atoms with Gasteiger partial charge in [0.1, 0.15) is 5.82 Å².